The Morgan fingerprint density at radius 2 is 1.97 bits per heavy atom. The summed E-state index contributed by atoms with van der Waals surface area (Å²) in [6, 6.07) is 8.54. The molecule has 2 amide bonds. The van der Waals surface area contributed by atoms with E-state index in [1.165, 1.54) is 21.8 Å². The molecule has 3 heterocycles. The number of hydrogen-bond acceptors (Lipinski definition) is 7. The largest absolute Gasteiger partial charge is 0.321 e. The van der Waals surface area contributed by atoms with Crippen molar-refractivity contribution in [1.29, 1.82) is 5.26 Å². The number of para-hydroxylation sites is 1. The van der Waals surface area contributed by atoms with Gasteiger partial charge in [0.2, 0.25) is 5.91 Å². The summed E-state index contributed by atoms with van der Waals surface area (Å²) in [6.45, 7) is 5.38. The van der Waals surface area contributed by atoms with Crippen LogP contribution < -0.4 is 16.2 Å². The minimum absolute atomic E-state index is 0.217. The fraction of sp³-hybridized carbons (Fsp3) is 0.250. The zero-order valence-electron chi connectivity index (χ0n) is 19.6. The lowest BCUT2D eigenvalue weighted by Gasteiger charge is -2.17. The Morgan fingerprint density at radius 3 is 2.66 bits per heavy atom. The SMILES string of the molecule is CCC(C(=O)Nc1c(C#N)cnn1C)n1cnc2sc(C(=O)Nc3ccccc3C)c(C)c2c1=O. The van der Waals surface area contributed by atoms with Gasteiger partial charge in [-0.25, -0.2) is 4.98 Å². The fourth-order valence-corrected chi connectivity index (χ4v) is 4.88. The summed E-state index contributed by atoms with van der Waals surface area (Å²) in [6.07, 6.45) is 2.99. The van der Waals surface area contributed by atoms with E-state index in [2.05, 4.69) is 20.7 Å². The molecule has 3 aromatic heterocycles. The number of anilines is 2. The second kappa shape index (κ2) is 9.52. The van der Waals surface area contributed by atoms with Gasteiger partial charge in [-0.15, -0.1) is 11.3 Å². The average molecular weight is 490 g/mol. The lowest BCUT2D eigenvalue weighted by atomic mass is 10.1. The number of aryl methyl sites for hydroxylation is 3. The number of amides is 2. The van der Waals surface area contributed by atoms with E-state index in [0.717, 1.165) is 16.9 Å². The highest BCUT2D eigenvalue weighted by atomic mass is 32.1. The average Bonchev–Trinajstić information content (AvgIpc) is 3.37. The van der Waals surface area contributed by atoms with Gasteiger partial charge in [0.05, 0.1) is 22.8 Å². The Kier molecular flexibility index (Phi) is 6.48. The third-order valence-electron chi connectivity index (χ3n) is 5.80. The Balaban J connectivity index is 1.69. The molecule has 0 saturated carbocycles. The molecule has 35 heavy (non-hydrogen) atoms. The van der Waals surface area contributed by atoms with Crippen LogP contribution in [0.1, 0.15) is 45.7 Å². The van der Waals surface area contributed by atoms with Crippen LogP contribution in [-0.2, 0) is 11.8 Å². The van der Waals surface area contributed by atoms with Crippen molar-refractivity contribution in [2.24, 2.45) is 7.05 Å². The van der Waals surface area contributed by atoms with Crippen molar-refractivity contribution < 1.29 is 9.59 Å². The van der Waals surface area contributed by atoms with Gasteiger partial charge in [-0.3, -0.25) is 23.6 Å². The molecule has 11 heteroatoms. The molecular weight excluding hydrogens is 466 g/mol. The van der Waals surface area contributed by atoms with Gasteiger partial charge in [0.25, 0.3) is 11.5 Å². The number of aromatic nitrogens is 4. The van der Waals surface area contributed by atoms with Gasteiger partial charge in [-0.1, -0.05) is 25.1 Å². The quantitative estimate of drug-likeness (QED) is 0.425. The molecule has 1 atom stereocenters. The molecule has 1 aromatic carbocycles. The van der Waals surface area contributed by atoms with E-state index in [-0.39, 0.29) is 17.3 Å². The maximum Gasteiger partial charge on any atom is 0.266 e. The zero-order valence-corrected chi connectivity index (χ0v) is 20.4. The fourth-order valence-electron chi connectivity index (χ4n) is 3.84. The number of carbonyl (C=O) groups is 2. The maximum atomic E-state index is 13.4. The van der Waals surface area contributed by atoms with Crippen LogP contribution in [0, 0.1) is 25.2 Å². The summed E-state index contributed by atoms with van der Waals surface area (Å²) in [5, 5.41) is 19.1. The summed E-state index contributed by atoms with van der Waals surface area (Å²) >= 11 is 1.13. The molecule has 2 N–H and O–H groups in total. The van der Waals surface area contributed by atoms with Crippen LogP contribution in [0.3, 0.4) is 0 Å². The Hall–Kier alpha value is -4.30. The van der Waals surface area contributed by atoms with Crippen LogP contribution in [-0.4, -0.2) is 31.1 Å². The third-order valence-corrected chi connectivity index (χ3v) is 7.00. The van der Waals surface area contributed by atoms with E-state index < -0.39 is 17.5 Å². The standard InChI is InChI=1S/C24H23N7O3S/c1-5-17(21(32)29-20-15(10-25)11-27-30(20)4)31-12-26-23-18(24(31)34)14(3)19(35-23)22(33)28-16-9-7-6-8-13(16)2/h6-9,11-12,17H,5H2,1-4H3,(H,28,33)(H,29,32). The second-order valence-corrected chi connectivity index (χ2v) is 9.02. The number of thiophene rings is 1. The molecule has 4 aromatic rings. The van der Waals surface area contributed by atoms with Crippen molar-refractivity contribution in [3.05, 3.63) is 68.7 Å². The molecule has 0 aliphatic rings. The van der Waals surface area contributed by atoms with E-state index in [0.29, 0.717) is 32.8 Å². The lowest BCUT2D eigenvalue weighted by Crippen LogP contribution is -2.33. The monoisotopic (exact) mass is 489 g/mol. The van der Waals surface area contributed by atoms with E-state index in [1.807, 2.05) is 37.3 Å². The molecule has 0 fully saturated rings. The normalized spacial score (nSPS) is 11.7. The Morgan fingerprint density at radius 1 is 1.23 bits per heavy atom. The van der Waals surface area contributed by atoms with E-state index in [9.17, 15) is 19.6 Å². The van der Waals surface area contributed by atoms with Gasteiger partial charge in [0.1, 0.15) is 28.3 Å². The first-order chi connectivity index (χ1) is 16.8. The highest BCUT2D eigenvalue weighted by Crippen LogP contribution is 2.29. The molecule has 0 saturated heterocycles. The summed E-state index contributed by atoms with van der Waals surface area (Å²) < 4.78 is 2.65. The number of nitrogens with one attached hydrogen (secondary N) is 2. The number of fused-ring (bicyclic) bond motifs is 1. The zero-order chi connectivity index (χ0) is 25.3. The van der Waals surface area contributed by atoms with Crippen LogP contribution in [0.4, 0.5) is 11.5 Å². The van der Waals surface area contributed by atoms with Gasteiger partial charge >= 0.3 is 0 Å². The molecule has 10 nitrogen and oxygen atoms in total. The molecule has 0 aliphatic heterocycles. The predicted octanol–water partition coefficient (Wildman–Crippen LogP) is 3.52. The topological polar surface area (TPSA) is 135 Å². The Labute approximate surface area is 204 Å². The minimum Gasteiger partial charge on any atom is -0.321 e. The second-order valence-electron chi connectivity index (χ2n) is 8.02. The highest BCUT2D eigenvalue weighted by Gasteiger charge is 2.26. The van der Waals surface area contributed by atoms with E-state index in [1.54, 1.807) is 20.9 Å². The van der Waals surface area contributed by atoms with Crippen molar-refractivity contribution in [3.8, 4) is 6.07 Å². The van der Waals surface area contributed by atoms with Crippen molar-refractivity contribution in [1.82, 2.24) is 19.3 Å². The molecule has 4 rings (SSSR count). The first kappa shape index (κ1) is 23.8. The first-order valence-electron chi connectivity index (χ1n) is 10.9. The highest BCUT2D eigenvalue weighted by molar-refractivity contribution is 7.20. The van der Waals surface area contributed by atoms with Gasteiger partial charge in [0, 0.05) is 12.7 Å². The maximum absolute atomic E-state index is 13.4. The summed E-state index contributed by atoms with van der Waals surface area (Å²) in [5.74, 6) is -0.544. The number of nitriles is 1. The van der Waals surface area contributed by atoms with Crippen molar-refractivity contribution >= 4 is 44.9 Å². The number of benzene rings is 1. The number of rotatable bonds is 6. The van der Waals surface area contributed by atoms with Crippen LogP contribution >= 0.6 is 11.3 Å². The molecule has 0 radical (unpaired) electrons. The van der Waals surface area contributed by atoms with Crippen molar-refractivity contribution in [3.63, 3.8) is 0 Å². The van der Waals surface area contributed by atoms with Crippen LogP contribution in [0.15, 0.2) is 41.6 Å². The molecule has 0 spiro atoms. The van der Waals surface area contributed by atoms with Crippen molar-refractivity contribution in [2.75, 3.05) is 10.6 Å². The summed E-state index contributed by atoms with van der Waals surface area (Å²) in [7, 11) is 1.61. The van der Waals surface area contributed by atoms with Crippen LogP contribution in [0.5, 0.6) is 0 Å². The first-order valence-corrected chi connectivity index (χ1v) is 11.7. The summed E-state index contributed by atoms with van der Waals surface area (Å²) in [5.41, 5.74) is 1.93. The van der Waals surface area contributed by atoms with Crippen molar-refractivity contribution in [2.45, 2.75) is 33.2 Å². The molecule has 0 aliphatic carbocycles. The molecular formula is C24H23N7O3S. The summed E-state index contributed by atoms with van der Waals surface area (Å²) in [4.78, 5) is 44.7. The Bertz CT molecular complexity index is 1560. The van der Waals surface area contributed by atoms with E-state index in [4.69, 9.17) is 0 Å². The molecule has 178 valence electrons. The van der Waals surface area contributed by atoms with Gasteiger partial charge in [0.15, 0.2) is 0 Å². The lowest BCUT2D eigenvalue weighted by molar-refractivity contribution is -0.119. The van der Waals surface area contributed by atoms with E-state index >= 15 is 0 Å². The predicted molar refractivity (Wildman–Crippen MR) is 134 cm³/mol. The minimum atomic E-state index is -0.871. The molecule has 0 bridgehead atoms. The number of hydrogen-bond donors (Lipinski definition) is 2. The number of carbonyl (C=O) groups excluding carboxylic acids is 2. The van der Waals surface area contributed by atoms with Crippen LogP contribution in [0.25, 0.3) is 10.2 Å². The van der Waals surface area contributed by atoms with Gasteiger partial charge in [-0.05, 0) is 37.5 Å². The van der Waals surface area contributed by atoms with Gasteiger partial charge < -0.3 is 10.6 Å². The third kappa shape index (κ3) is 4.31. The smallest absolute Gasteiger partial charge is 0.266 e. The molecule has 1 unspecified atom stereocenters. The number of nitrogens with zero attached hydrogens (tertiary/aromatic N) is 5. The van der Waals surface area contributed by atoms with Gasteiger partial charge in [-0.2, -0.15) is 10.4 Å². The van der Waals surface area contributed by atoms with Crippen LogP contribution in [0.2, 0.25) is 0 Å².